The monoisotopic (exact) mass is 244 g/mol. The highest BCUT2D eigenvalue weighted by atomic mass is 16.5. The minimum Gasteiger partial charge on any atom is -0.480 e. The lowest BCUT2D eigenvalue weighted by Gasteiger charge is -2.32. The SMILES string of the molecule is CCCC(NC(=O)N1CCOC(C)C1)C(=O)O. The maximum absolute atomic E-state index is 11.8. The topological polar surface area (TPSA) is 78.9 Å². The molecule has 2 amide bonds. The van der Waals surface area contributed by atoms with E-state index in [0.717, 1.165) is 6.42 Å². The second kappa shape index (κ2) is 6.44. The summed E-state index contributed by atoms with van der Waals surface area (Å²) in [5, 5.41) is 11.5. The summed E-state index contributed by atoms with van der Waals surface area (Å²) in [7, 11) is 0. The van der Waals surface area contributed by atoms with Crippen LogP contribution in [0, 0.1) is 0 Å². The number of urea groups is 1. The zero-order valence-electron chi connectivity index (χ0n) is 10.3. The number of ether oxygens (including phenoxy) is 1. The van der Waals surface area contributed by atoms with Gasteiger partial charge in [0, 0.05) is 13.1 Å². The number of nitrogens with zero attached hydrogens (tertiary/aromatic N) is 1. The molecule has 6 heteroatoms. The third-order valence-corrected chi connectivity index (χ3v) is 2.70. The Morgan fingerprint density at radius 1 is 1.59 bits per heavy atom. The van der Waals surface area contributed by atoms with E-state index < -0.39 is 12.0 Å². The largest absolute Gasteiger partial charge is 0.480 e. The van der Waals surface area contributed by atoms with Crippen molar-refractivity contribution >= 4 is 12.0 Å². The predicted molar refractivity (Wildman–Crippen MR) is 61.9 cm³/mol. The Morgan fingerprint density at radius 2 is 2.29 bits per heavy atom. The molecule has 6 nitrogen and oxygen atoms in total. The van der Waals surface area contributed by atoms with E-state index in [-0.39, 0.29) is 12.1 Å². The molecule has 1 heterocycles. The van der Waals surface area contributed by atoms with Gasteiger partial charge in [-0.3, -0.25) is 0 Å². The zero-order valence-corrected chi connectivity index (χ0v) is 10.3. The number of morpholine rings is 1. The summed E-state index contributed by atoms with van der Waals surface area (Å²) >= 11 is 0. The first-order chi connectivity index (χ1) is 8.04. The average Bonchev–Trinajstić information content (AvgIpc) is 2.28. The van der Waals surface area contributed by atoms with Crippen LogP contribution < -0.4 is 5.32 Å². The van der Waals surface area contributed by atoms with E-state index in [1.165, 1.54) is 0 Å². The lowest BCUT2D eigenvalue weighted by atomic mass is 10.2. The fraction of sp³-hybridized carbons (Fsp3) is 0.818. The lowest BCUT2D eigenvalue weighted by Crippen LogP contribution is -2.52. The zero-order chi connectivity index (χ0) is 12.8. The number of rotatable bonds is 4. The quantitative estimate of drug-likeness (QED) is 0.762. The molecule has 0 bridgehead atoms. The van der Waals surface area contributed by atoms with Gasteiger partial charge in [-0.15, -0.1) is 0 Å². The van der Waals surface area contributed by atoms with Gasteiger partial charge in [0.2, 0.25) is 0 Å². The van der Waals surface area contributed by atoms with E-state index in [1.807, 2.05) is 13.8 Å². The lowest BCUT2D eigenvalue weighted by molar-refractivity contribution is -0.139. The Balaban J connectivity index is 2.48. The number of hydrogen-bond acceptors (Lipinski definition) is 3. The van der Waals surface area contributed by atoms with Crippen LogP contribution in [-0.2, 0) is 9.53 Å². The van der Waals surface area contributed by atoms with E-state index in [0.29, 0.717) is 26.1 Å². The minimum atomic E-state index is -0.985. The second-order valence-electron chi connectivity index (χ2n) is 4.26. The molecule has 0 radical (unpaired) electrons. The van der Waals surface area contributed by atoms with Crippen molar-refractivity contribution < 1.29 is 19.4 Å². The van der Waals surface area contributed by atoms with Gasteiger partial charge >= 0.3 is 12.0 Å². The molecular formula is C11H20N2O4. The summed E-state index contributed by atoms with van der Waals surface area (Å²) in [6.45, 7) is 5.29. The molecule has 0 aliphatic carbocycles. The third kappa shape index (κ3) is 4.22. The summed E-state index contributed by atoms with van der Waals surface area (Å²) in [6.07, 6.45) is 1.17. The van der Waals surface area contributed by atoms with Crippen LogP contribution in [0.5, 0.6) is 0 Å². The van der Waals surface area contributed by atoms with Crippen molar-refractivity contribution in [3.8, 4) is 0 Å². The highest BCUT2D eigenvalue weighted by Gasteiger charge is 2.25. The Labute approximate surface area is 101 Å². The van der Waals surface area contributed by atoms with Crippen LogP contribution in [0.3, 0.4) is 0 Å². The second-order valence-corrected chi connectivity index (χ2v) is 4.26. The van der Waals surface area contributed by atoms with Crippen molar-refractivity contribution in [1.29, 1.82) is 0 Å². The number of carboxylic acid groups (broad SMARTS) is 1. The first-order valence-corrected chi connectivity index (χ1v) is 5.94. The van der Waals surface area contributed by atoms with Gasteiger partial charge in [-0.25, -0.2) is 9.59 Å². The number of hydrogen-bond donors (Lipinski definition) is 2. The van der Waals surface area contributed by atoms with Gasteiger partial charge in [0.05, 0.1) is 12.7 Å². The number of aliphatic carboxylic acids is 1. The number of carbonyl (C=O) groups is 2. The minimum absolute atomic E-state index is 0.00366. The fourth-order valence-electron chi connectivity index (χ4n) is 1.79. The molecule has 1 aliphatic rings. The molecule has 2 atom stereocenters. The summed E-state index contributed by atoms with van der Waals surface area (Å²) in [5.41, 5.74) is 0. The maximum Gasteiger partial charge on any atom is 0.326 e. The van der Waals surface area contributed by atoms with E-state index in [2.05, 4.69) is 5.32 Å². The van der Waals surface area contributed by atoms with Crippen molar-refractivity contribution in [1.82, 2.24) is 10.2 Å². The highest BCUT2D eigenvalue weighted by Crippen LogP contribution is 2.05. The summed E-state index contributed by atoms with van der Waals surface area (Å²) < 4.78 is 5.32. The van der Waals surface area contributed by atoms with Gasteiger partial charge < -0.3 is 20.1 Å². The van der Waals surface area contributed by atoms with E-state index in [9.17, 15) is 9.59 Å². The van der Waals surface area contributed by atoms with Gasteiger partial charge in [0.15, 0.2) is 0 Å². The molecule has 2 N–H and O–H groups in total. The van der Waals surface area contributed by atoms with Crippen molar-refractivity contribution in [3.63, 3.8) is 0 Å². The molecule has 1 rings (SSSR count). The summed E-state index contributed by atoms with van der Waals surface area (Å²) in [6, 6.07) is -1.12. The Bertz CT molecular complexity index is 283. The van der Waals surface area contributed by atoms with Crippen LogP contribution in [0.2, 0.25) is 0 Å². The first-order valence-electron chi connectivity index (χ1n) is 5.94. The van der Waals surface area contributed by atoms with Gasteiger partial charge in [-0.2, -0.15) is 0 Å². The molecule has 98 valence electrons. The number of amides is 2. The number of carbonyl (C=O) groups excluding carboxylic acids is 1. The smallest absolute Gasteiger partial charge is 0.326 e. The Kier molecular flexibility index (Phi) is 5.21. The average molecular weight is 244 g/mol. The molecule has 2 unspecified atom stereocenters. The highest BCUT2D eigenvalue weighted by molar-refractivity contribution is 5.82. The van der Waals surface area contributed by atoms with Crippen LogP contribution in [0.1, 0.15) is 26.7 Å². The normalized spacial score (nSPS) is 22.0. The van der Waals surface area contributed by atoms with Crippen molar-refractivity contribution in [3.05, 3.63) is 0 Å². The van der Waals surface area contributed by atoms with Gasteiger partial charge in [-0.05, 0) is 13.3 Å². The van der Waals surface area contributed by atoms with Crippen molar-refractivity contribution in [2.45, 2.75) is 38.8 Å². The molecule has 1 aliphatic heterocycles. The van der Waals surface area contributed by atoms with Gasteiger partial charge in [0.25, 0.3) is 0 Å². The molecule has 1 saturated heterocycles. The van der Waals surface area contributed by atoms with E-state index in [4.69, 9.17) is 9.84 Å². The van der Waals surface area contributed by atoms with Crippen LogP contribution >= 0.6 is 0 Å². The van der Waals surface area contributed by atoms with E-state index >= 15 is 0 Å². The van der Waals surface area contributed by atoms with Gasteiger partial charge in [0.1, 0.15) is 6.04 Å². The number of nitrogens with one attached hydrogen (secondary N) is 1. The van der Waals surface area contributed by atoms with Crippen LogP contribution in [-0.4, -0.2) is 53.8 Å². The third-order valence-electron chi connectivity index (χ3n) is 2.70. The molecule has 17 heavy (non-hydrogen) atoms. The van der Waals surface area contributed by atoms with Gasteiger partial charge in [-0.1, -0.05) is 13.3 Å². The molecule has 1 fully saturated rings. The first kappa shape index (κ1) is 13.8. The van der Waals surface area contributed by atoms with Crippen LogP contribution in [0.15, 0.2) is 0 Å². The molecule has 0 spiro atoms. The summed E-state index contributed by atoms with van der Waals surface area (Å²) in [5.74, 6) is -0.985. The molecule has 0 aromatic heterocycles. The maximum atomic E-state index is 11.8. The summed E-state index contributed by atoms with van der Waals surface area (Å²) in [4.78, 5) is 24.3. The van der Waals surface area contributed by atoms with Crippen molar-refractivity contribution in [2.24, 2.45) is 0 Å². The van der Waals surface area contributed by atoms with Crippen LogP contribution in [0.4, 0.5) is 4.79 Å². The van der Waals surface area contributed by atoms with Crippen molar-refractivity contribution in [2.75, 3.05) is 19.7 Å². The number of carboxylic acids is 1. The Hall–Kier alpha value is -1.30. The fourth-order valence-corrected chi connectivity index (χ4v) is 1.79. The van der Waals surface area contributed by atoms with Crippen LogP contribution in [0.25, 0.3) is 0 Å². The molecule has 0 saturated carbocycles. The Morgan fingerprint density at radius 3 is 2.82 bits per heavy atom. The standard InChI is InChI=1S/C11H20N2O4/c1-3-4-9(10(14)15)12-11(16)13-5-6-17-8(2)7-13/h8-9H,3-7H2,1-2H3,(H,12,16)(H,14,15). The molecule has 0 aromatic carbocycles. The molecule has 0 aromatic rings. The van der Waals surface area contributed by atoms with E-state index in [1.54, 1.807) is 4.90 Å². The predicted octanol–water partition coefficient (Wildman–Crippen LogP) is 0.670. The molecular weight excluding hydrogens is 224 g/mol.